The minimum atomic E-state index is -0.604. The van der Waals surface area contributed by atoms with E-state index in [0.717, 1.165) is 11.1 Å². The number of hydrogen-bond donors (Lipinski definition) is 2. The second-order valence-electron chi connectivity index (χ2n) is 8.63. The molecule has 8 nitrogen and oxygen atoms in total. The molecule has 0 unspecified atom stereocenters. The molecule has 0 bridgehead atoms. The topological polar surface area (TPSA) is 98.1 Å². The molecule has 0 saturated carbocycles. The minimum absolute atomic E-state index is 0.251. The number of pyridine rings is 1. The van der Waals surface area contributed by atoms with Gasteiger partial charge in [-0.15, -0.1) is 0 Å². The van der Waals surface area contributed by atoms with Gasteiger partial charge >= 0.3 is 6.09 Å². The van der Waals surface area contributed by atoms with Crippen molar-refractivity contribution < 1.29 is 18.7 Å². The van der Waals surface area contributed by atoms with Gasteiger partial charge in [-0.3, -0.25) is 10.1 Å². The average Bonchev–Trinajstić information content (AvgIpc) is 3.22. The number of aromatic nitrogens is 3. The van der Waals surface area contributed by atoms with Crippen molar-refractivity contribution in [3.8, 4) is 5.69 Å². The number of carbonyl (C=O) groups excluding carboxylic acids is 2. The zero-order valence-corrected chi connectivity index (χ0v) is 19.0. The highest BCUT2D eigenvalue weighted by Gasteiger charge is 2.17. The van der Waals surface area contributed by atoms with Crippen LogP contribution in [0.15, 0.2) is 67.0 Å². The fraction of sp³-hybridized carbons (Fsp3) is 0.200. The molecule has 4 rings (SSSR count). The smallest absolute Gasteiger partial charge is 0.413 e. The predicted octanol–water partition coefficient (Wildman–Crippen LogP) is 4.84. The van der Waals surface area contributed by atoms with E-state index in [-0.39, 0.29) is 18.3 Å². The van der Waals surface area contributed by atoms with Crippen molar-refractivity contribution in [2.24, 2.45) is 0 Å². The normalized spacial score (nSPS) is 11.3. The predicted molar refractivity (Wildman–Crippen MR) is 126 cm³/mol. The minimum Gasteiger partial charge on any atom is -0.444 e. The Kier molecular flexibility index (Phi) is 6.27. The maximum Gasteiger partial charge on any atom is 0.413 e. The molecular formula is C25H24FN5O3. The number of nitrogens with zero attached hydrogens (tertiary/aromatic N) is 3. The lowest BCUT2D eigenvalue weighted by Crippen LogP contribution is -2.27. The van der Waals surface area contributed by atoms with E-state index in [1.165, 1.54) is 12.1 Å². The number of amides is 2. The van der Waals surface area contributed by atoms with Gasteiger partial charge in [0.25, 0.3) is 5.91 Å². The van der Waals surface area contributed by atoms with E-state index in [2.05, 4.69) is 20.7 Å². The molecule has 2 aromatic carbocycles. The lowest BCUT2D eigenvalue weighted by Gasteiger charge is -2.19. The third-order valence-corrected chi connectivity index (χ3v) is 4.84. The Morgan fingerprint density at radius 2 is 1.79 bits per heavy atom. The van der Waals surface area contributed by atoms with Gasteiger partial charge in [0.05, 0.1) is 23.0 Å². The molecule has 0 aliphatic heterocycles. The fourth-order valence-electron chi connectivity index (χ4n) is 3.33. The van der Waals surface area contributed by atoms with Gasteiger partial charge in [-0.05, 0) is 68.8 Å². The lowest BCUT2D eigenvalue weighted by molar-refractivity contribution is 0.0635. The van der Waals surface area contributed by atoms with E-state index in [1.807, 2.05) is 6.07 Å². The molecule has 0 radical (unpaired) electrons. The quantitative estimate of drug-likeness (QED) is 0.443. The standard InChI is InChI=1S/C25H24FN5O3/c1-25(2,3)34-24(33)30-22-12-7-16(13-27-22)14-28-23(32)19-5-4-6-21-20(19)15-29-31(21)18-10-8-17(26)9-11-18/h4-13,15H,14H2,1-3H3,(H,28,32)(H,27,30,33). The van der Waals surface area contributed by atoms with Crippen molar-refractivity contribution in [1.29, 1.82) is 0 Å². The molecule has 0 atom stereocenters. The van der Waals surface area contributed by atoms with Gasteiger partial charge in [0, 0.05) is 18.1 Å². The summed E-state index contributed by atoms with van der Waals surface area (Å²) in [6, 6.07) is 14.7. The Morgan fingerprint density at radius 3 is 2.47 bits per heavy atom. The molecule has 0 aliphatic rings. The van der Waals surface area contributed by atoms with E-state index in [9.17, 15) is 14.0 Å². The second-order valence-corrected chi connectivity index (χ2v) is 8.63. The average molecular weight is 461 g/mol. The summed E-state index contributed by atoms with van der Waals surface area (Å²) in [7, 11) is 0. The van der Waals surface area contributed by atoms with Gasteiger partial charge in [0.2, 0.25) is 0 Å². The number of nitrogens with one attached hydrogen (secondary N) is 2. The summed E-state index contributed by atoms with van der Waals surface area (Å²) in [5.74, 6) is -0.245. The summed E-state index contributed by atoms with van der Waals surface area (Å²) in [5, 5.41) is 10.5. The zero-order valence-electron chi connectivity index (χ0n) is 19.0. The highest BCUT2D eigenvalue weighted by Crippen LogP contribution is 2.22. The Labute approximate surface area is 195 Å². The van der Waals surface area contributed by atoms with Gasteiger partial charge < -0.3 is 10.1 Å². The number of rotatable bonds is 5. The number of benzene rings is 2. The van der Waals surface area contributed by atoms with Crippen LogP contribution in [-0.2, 0) is 11.3 Å². The van der Waals surface area contributed by atoms with E-state index < -0.39 is 11.7 Å². The third kappa shape index (κ3) is 5.37. The summed E-state index contributed by atoms with van der Waals surface area (Å²) in [5.41, 5.74) is 2.06. The van der Waals surface area contributed by atoms with Crippen LogP contribution in [0.1, 0.15) is 36.7 Å². The number of ether oxygens (including phenoxy) is 1. The first-order valence-electron chi connectivity index (χ1n) is 10.7. The number of anilines is 1. The Morgan fingerprint density at radius 1 is 1.03 bits per heavy atom. The zero-order chi connectivity index (χ0) is 24.3. The molecule has 2 N–H and O–H groups in total. The summed E-state index contributed by atoms with van der Waals surface area (Å²) in [6.07, 6.45) is 2.60. The van der Waals surface area contributed by atoms with Crippen LogP contribution in [0.5, 0.6) is 0 Å². The number of fused-ring (bicyclic) bond motifs is 1. The molecule has 34 heavy (non-hydrogen) atoms. The maximum atomic E-state index is 13.3. The molecule has 0 spiro atoms. The van der Waals surface area contributed by atoms with Gasteiger partial charge in [0.1, 0.15) is 17.2 Å². The summed E-state index contributed by atoms with van der Waals surface area (Å²) in [4.78, 5) is 28.9. The van der Waals surface area contributed by atoms with Crippen LogP contribution in [0.3, 0.4) is 0 Å². The Balaban J connectivity index is 1.43. The number of carbonyl (C=O) groups is 2. The van der Waals surface area contributed by atoms with Gasteiger partial charge in [-0.2, -0.15) is 5.10 Å². The third-order valence-electron chi connectivity index (χ3n) is 4.84. The first-order chi connectivity index (χ1) is 16.2. The molecular weight excluding hydrogens is 437 g/mol. The maximum absolute atomic E-state index is 13.3. The van der Waals surface area contributed by atoms with Crippen LogP contribution in [-0.4, -0.2) is 32.4 Å². The molecule has 2 amide bonds. The van der Waals surface area contributed by atoms with E-state index in [0.29, 0.717) is 22.5 Å². The molecule has 0 aliphatic carbocycles. The van der Waals surface area contributed by atoms with Crippen LogP contribution in [0.25, 0.3) is 16.6 Å². The molecule has 0 saturated heterocycles. The highest BCUT2D eigenvalue weighted by atomic mass is 19.1. The van der Waals surface area contributed by atoms with Crippen LogP contribution >= 0.6 is 0 Å². The van der Waals surface area contributed by atoms with Crippen molar-refractivity contribution in [2.45, 2.75) is 32.9 Å². The number of hydrogen-bond acceptors (Lipinski definition) is 5. The van der Waals surface area contributed by atoms with Crippen LogP contribution < -0.4 is 10.6 Å². The van der Waals surface area contributed by atoms with Crippen molar-refractivity contribution >= 4 is 28.7 Å². The van der Waals surface area contributed by atoms with Gasteiger partial charge in [-0.25, -0.2) is 18.9 Å². The molecule has 9 heteroatoms. The van der Waals surface area contributed by atoms with Gasteiger partial charge in [0.15, 0.2) is 0 Å². The summed E-state index contributed by atoms with van der Waals surface area (Å²) in [6.45, 7) is 5.58. The first-order valence-corrected chi connectivity index (χ1v) is 10.7. The number of halogens is 1. The monoisotopic (exact) mass is 461 g/mol. The van der Waals surface area contributed by atoms with E-state index >= 15 is 0 Å². The van der Waals surface area contributed by atoms with Crippen molar-refractivity contribution in [1.82, 2.24) is 20.1 Å². The van der Waals surface area contributed by atoms with Crippen LogP contribution in [0.4, 0.5) is 15.0 Å². The van der Waals surface area contributed by atoms with Crippen molar-refractivity contribution in [3.63, 3.8) is 0 Å². The van der Waals surface area contributed by atoms with Crippen molar-refractivity contribution in [2.75, 3.05) is 5.32 Å². The van der Waals surface area contributed by atoms with Crippen LogP contribution in [0, 0.1) is 5.82 Å². The SMILES string of the molecule is CC(C)(C)OC(=O)Nc1ccc(CNC(=O)c2cccc3c2cnn3-c2ccc(F)cc2)cn1. The summed E-state index contributed by atoms with van der Waals surface area (Å²) >= 11 is 0. The Hall–Kier alpha value is -4.27. The summed E-state index contributed by atoms with van der Waals surface area (Å²) < 4.78 is 20.1. The largest absolute Gasteiger partial charge is 0.444 e. The van der Waals surface area contributed by atoms with E-state index in [1.54, 1.807) is 74.2 Å². The second kappa shape index (κ2) is 9.30. The van der Waals surface area contributed by atoms with E-state index in [4.69, 9.17) is 4.74 Å². The highest BCUT2D eigenvalue weighted by molar-refractivity contribution is 6.06. The fourth-order valence-corrected chi connectivity index (χ4v) is 3.33. The lowest BCUT2D eigenvalue weighted by atomic mass is 10.1. The van der Waals surface area contributed by atoms with Gasteiger partial charge in [-0.1, -0.05) is 12.1 Å². The Bertz CT molecular complexity index is 1330. The van der Waals surface area contributed by atoms with Crippen LogP contribution in [0.2, 0.25) is 0 Å². The molecule has 4 aromatic rings. The molecule has 2 heterocycles. The molecule has 0 fully saturated rings. The first kappa shape index (κ1) is 22.9. The molecule has 174 valence electrons. The molecule has 2 aromatic heterocycles. The van der Waals surface area contributed by atoms with Crippen molar-refractivity contribution in [3.05, 3.63) is 83.9 Å².